The molecule has 2 nitrogen and oxygen atoms in total. The van der Waals surface area contributed by atoms with Gasteiger partial charge in [0.2, 0.25) is 5.90 Å². The molecule has 1 spiro atoms. The molecule has 1 aliphatic carbocycles. The van der Waals surface area contributed by atoms with Crippen molar-refractivity contribution >= 4 is 5.90 Å². The Hall–Kier alpha value is -1.38. The van der Waals surface area contributed by atoms with Crippen molar-refractivity contribution in [1.29, 1.82) is 0 Å². The Bertz CT molecular complexity index is 519. The molecule has 1 aromatic rings. The van der Waals surface area contributed by atoms with Crippen molar-refractivity contribution in [2.75, 3.05) is 0 Å². The number of benzene rings is 1. The normalized spacial score (nSPS) is 28.3. The highest BCUT2D eigenvalue weighted by atomic mass is 19.2. The van der Waals surface area contributed by atoms with Gasteiger partial charge in [-0.15, -0.1) is 0 Å². The first-order valence-electron chi connectivity index (χ1n) is 8.06. The fraction of sp³-hybridized carbons (Fsp3) is 0.611. The number of aliphatic imine (C=N–C) groups is 1. The van der Waals surface area contributed by atoms with E-state index in [-0.39, 0.29) is 11.5 Å². The summed E-state index contributed by atoms with van der Waals surface area (Å²) in [5.74, 6) is -1.30. The summed E-state index contributed by atoms with van der Waals surface area (Å²) < 4.78 is 21.1. The molecular weight excluding hydrogens is 265 g/mol. The minimum absolute atomic E-state index is 0.175. The third-order valence-corrected chi connectivity index (χ3v) is 4.84. The van der Waals surface area contributed by atoms with Crippen molar-refractivity contribution in [3.63, 3.8) is 0 Å². The van der Waals surface area contributed by atoms with Crippen LogP contribution in [0.2, 0.25) is 0 Å². The van der Waals surface area contributed by atoms with Crippen LogP contribution in [0.1, 0.15) is 57.9 Å². The molecule has 1 aromatic carbocycles. The minimum atomic E-state index is -1.61. The van der Waals surface area contributed by atoms with Gasteiger partial charge in [-0.05, 0) is 25.0 Å². The molecular formula is C18H24FNO. The third-order valence-electron chi connectivity index (χ3n) is 4.84. The molecule has 1 heterocycles. The van der Waals surface area contributed by atoms with Crippen LogP contribution >= 0.6 is 0 Å². The second kappa shape index (κ2) is 5.43. The molecule has 21 heavy (non-hydrogen) atoms. The van der Waals surface area contributed by atoms with E-state index in [1.165, 1.54) is 6.42 Å². The van der Waals surface area contributed by atoms with Crippen molar-refractivity contribution in [1.82, 2.24) is 0 Å². The summed E-state index contributed by atoms with van der Waals surface area (Å²) in [6.07, 6.45) is 5.86. The van der Waals surface area contributed by atoms with E-state index in [0.717, 1.165) is 31.2 Å². The van der Waals surface area contributed by atoms with Crippen molar-refractivity contribution < 1.29 is 9.13 Å². The number of alkyl halides is 1. The van der Waals surface area contributed by atoms with Crippen LogP contribution in [-0.2, 0) is 4.74 Å². The van der Waals surface area contributed by atoms with Crippen LogP contribution in [0.25, 0.3) is 0 Å². The van der Waals surface area contributed by atoms with E-state index in [0.29, 0.717) is 12.3 Å². The molecule has 0 N–H and O–H groups in total. The largest absolute Gasteiger partial charge is 0.440 e. The van der Waals surface area contributed by atoms with Crippen LogP contribution in [0.4, 0.5) is 4.39 Å². The smallest absolute Gasteiger partial charge is 0.254 e. The van der Waals surface area contributed by atoms with Gasteiger partial charge in [-0.2, -0.15) is 4.39 Å². The van der Waals surface area contributed by atoms with E-state index >= 15 is 4.39 Å². The molecule has 0 saturated heterocycles. The van der Waals surface area contributed by atoms with Crippen molar-refractivity contribution in [3.8, 4) is 0 Å². The van der Waals surface area contributed by atoms with Crippen LogP contribution in [0.3, 0.4) is 0 Å². The van der Waals surface area contributed by atoms with E-state index in [1.807, 2.05) is 44.2 Å². The number of hydrogen-bond donors (Lipinski definition) is 0. The number of nitrogens with zero attached hydrogens (tertiary/aromatic N) is 1. The average Bonchev–Trinajstić information content (AvgIpc) is 2.48. The van der Waals surface area contributed by atoms with E-state index in [9.17, 15) is 0 Å². The highest BCUT2D eigenvalue weighted by Crippen LogP contribution is 2.46. The number of halogens is 1. The first-order valence-corrected chi connectivity index (χ1v) is 8.06. The SMILES string of the molecule is CC(C)C1(F)CC2(CCCCC2)N=C(c2ccccc2)O1. The lowest BCUT2D eigenvalue weighted by Gasteiger charge is -2.45. The summed E-state index contributed by atoms with van der Waals surface area (Å²) in [4.78, 5) is 4.88. The highest BCUT2D eigenvalue weighted by Gasteiger charge is 2.50. The first kappa shape index (κ1) is 14.6. The number of rotatable bonds is 2. The Labute approximate surface area is 126 Å². The van der Waals surface area contributed by atoms with Crippen LogP contribution in [0, 0.1) is 5.92 Å². The zero-order valence-corrected chi connectivity index (χ0v) is 12.9. The quantitative estimate of drug-likeness (QED) is 0.760. The molecule has 2 aliphatic rings. The standard InChI is InChI=1S/C18H24FNO/c1-14(2)18(19)13-17(11-7-4-8-12-17)20-16(21-18)15-9-5-3-6-10-15/h3,5-6,9-10,14H,4,7-8,11-13H2,1-2H3. The summed E-state index contributed by atoms with van der Waals surface area (Å²) in [5, 5.41) is 0. The lowest BCUT2D eigenvalue weighted by atomic mass is 9.75. The molecule has 0 aromatic heterocycles. The molecule has 0 radical (unpaired) electrons. The van der Waals surface area contributed by atoms with Gasteiger partial charge >= 0.3 is 0 Å². The van der Waals surface area contributed by atoms with Crippen molar-refractivity contribution in [2.24, 2.45) is 10.9 Å². The average molecular weight is 289 g/mol. The summed E-state index contributed by atoms with van der Waals surface area (Å²) in [6.45, 7) is 3.79. The summed E-state index contributed by atoms with van der Waals surface area (Å²) in [5.41, 5.74) is 0.616. The molecule has 1 unspecified atom stereocenters. The first-order chi connectivity index (χ1) is 10.0. The highest BCUT2D eigenvalue weighted by molar-refractivity contribution is 5.95. The number of ether oxygens (including phenoxy) is 1. The Balaban J connectivity index is 2.01. The monoisotopic (exact) mass is 289 g/mol. The van der Waals surface area contributed by atoms with Gasteiger partial charge in [-0.25, -0.2) is 4.99 Å². The van der Waals surface area contributed by atoms with Crippen molar-refractivity contribution in [2.45, 2.75) is 63.8 Å². The van der Waals surface area contributed by atoms with Crippen LogP contribution in [0.15, 0.2) is 35.3 Å². The summed E-state index contributed by atoms with van der Waals surface area (Å²) >= 11 is 0. The molecule has 114 valence electrons. The molecule has 1 fully saturated rings. The maximum atomic E-state index is 15.4. The Morgan fingerprint density at radius 2 is 1.76 bits per heavy atom. The molecule has 3 rings (SSSR count). The molecule has 1 atom stereocenters. The van der Waals surface area contributed by atoms with E-state index in [2.05, 4.69) is 0 Å². The molecule has 3 heteroatoms. The number of hydrogen-bond acceptors (Lipinski definition) is 2. The van der Waals surface area contributed by atoms with Crippen molar-refractivity contribution in [3.05, 3.63) is 35.9 Å². The van der Waals surface area contributed by atoms with Gasteiger partial charge in [0.1, 0.15) is 0 Å². The van der Waals surface area contributed by atoms with Gasteiger partial charge < -0.3 is 4.74 Å². The zero-order chi connectivity index (χ0) is 14.9. The predicted molar refractivity (Wildman–Crippen MR) is 83.2 cm³/mol. The maximum absolute atomic E-state index is 15.4. The van der Waals surface area contributed by atoms with E-state index in [4.69, 9.17) is 9.73 Å². The van der Waals surface area contributed by atoms with Gasteiger partial charge in [-0.3, -0.25) is 0 Å². The van der Waals surface area contributed by atoms with Gasteiger partial charge in [0, 0.05) is 17.9 Å². The predicted octanol–water partition coefficient (Wildman–Crippen LogP) is 4.88. The second-order valence-electron chi connectivity index (χ2n) is 6.79. The minimum Gasteiger partial charge on any atom is -0.440 e. The molecule has 0 bridgehead atoms. The molecule has 0 amide bonds. The summed E-state index contributed by atoms with van der Waals surface area (Å²) in [7, 11) is 0. The van der Waals surface area contributed by atoms with E-state index < -0.39 is 5.85 Å². The third kappa shape index (κ3) is 2.83. The van der Waals surface area contributed by atoms with E-state index in [1.54, 1.807) is 0 Å². The Morgan fingerprint density at radius 1 is 1.10 bits per heavy atom. The van der Waals surface area contributed by atoms with Gasteiger partial charge in [0.25, 0.3) is 5.85 Å². The van der Waals surface area contributed by atoms with Crippen LogP contribution in [0.5, 0.6) is 0 Å². The lowest BCUT2D eigenvalue weighted by molar-refractivity contribution is -0.143. The molecule has 1 saturated carbocycles. The fourth-order valence-electron chi connectivity index (χ4n) is 3.45. The maximum Gasteiger partial charge on any atom is 0.254 e. The topological polar surface area (TPSA) is 21.6 Å². The van der Waals surface area contributed by atoms with Crippen LogP contribution < -0.4 is 0 Å². The summed E-state index contributed by atoms with van der Waals surface area (Å²) in [6, 6.07) is 9.73. The van der Waals surface area contributed by atoms with Gasteiger partial charge in [0.15, 0.2) is 0 Å². The fourth-order valence-corrected chi connectivity index (χ4v) is 3.45. The Morgan fingerprint density at radius 3 is 2.38 bits per heavy atom. The zero-order valence-electron chi connectivity index (χ0n) is 12.9. The van der Waals surface area contributed by atoms with Gasteiger partial charge in [-0.1, -0.05) is 51.3 Å². The van der Waals surface area contributed by atoms with Crippen LogP contribution in [-0.4, -0.2) is 17.3 Å². The second-order valence-corrected chi connectivity index (χ2v) is 6.79. The lowest BCUT2D eigenvalue weighted by Crippen LogP contribution is -2.49. The Kier molecular flexibility index (Phi) is 3.76. The van der Waals surface area contributed by atoms with Gasteiger partial charge in [0.05, 0.1) is 5.54 Å². The molecule has 1 aliphatic heterocycles.